The van der Waals surface area contributed by atoms with Crippen LogP contribution in [0.1, 0.15) is 30.3 Å². The van der Waals surface area contributed by atoms with Crippen molar-refractivity contribution < 1.29 is 9.90 Å². The van der Waals surface area contributed by atoms with Crippen molar-refractivity contribution in [1.82, 2.24) is 15.5 Å². The number of aromatic amines is 1. The van der Waals surface area contributed by atoms with Crippen LogP contribution in [0.4, 0.5) is 5.69 Å². The number of nitrogens with one attached hydrogen (secondary N) is 2. The Morgan fingerprint density at radius 3 is 3.11 bits per heavy atom. The summed E-state index contributed by atoms with van der Waals surface area (Å²) in [7, 11) is 0. The quantitative estimate of drug-likeness (QED) is 0.604. The third-order valence-electron chi connectivity index (χ3n) is 2.97. The van der Waals surface area contributed by atoms with Crippen molar-refractivity contribution in [2.45, 2.75) is 25.8 Å². The Bertz CT molecular complexity index is 579. The summed E-state index contributed by atoms with van der Waals surface area (Å²) in [4.78, 5) is 12.1. The summed E-state index contributed by atoms with van der Waals surface area (Å²) < 4.78 is 0. The van der Waals surface area contributed by atoms with Crippen molar-refractivity contribution in [3.63, 3.8) is 0 Å². The zero-order chi connectivity index (χ0) is 13.8. The van der Waals surface area contributed by atoms with Crippen LogP contribution in [-0.2, 0) is 0 Å². The minimum atomic E-state index is -0.234. The van der Waals surface area contributed by atoms with Crippen LogP contribution in [0, 0.1) is 0 Å². The van der Waals surface area contributed by atoms with E-state index in [0.717, 1.165) is 11.9 Å². The average Bonchev–Trinajstić information content (AvgIpc) is 2.79. The second-order valence-corrected chi connectivity index (χ2v) is 4.62. The highest BCUT2D eigenvalue weighted by Crippen LogP contribution is 2.18. The molecule has 6 heteroatoms. The number of carbonyl (C=O) groups excluding carboxylic acids is 1. The molecule has 0 saturated heterocycles. The fourth-order valence-corrected chi connectivity index (χ4v) is 1.97. The fourth-order valence-electron chi connectivity index (χ4n) is 1.97. The van der Waals surface area contributed by atoms with E-state index in [1.165, 1.54) is 0 Å². The first kappa shape index (κ1) is 13.4. The molecule has 1 aromatic heterocycles. The molecule has 1 heterocycles. The summed E-state index contributed by atoms with van der Waals surface area (Å²) >= 11 is 0. The number of nitrogens with zero attached hydrogens (tertiary/aromatic N) is 1. The number of carbonyl (C=O) groups is 1. The molecule has 1 unspecified atom stereocenters. The second kappa shape index (κ2) is 5.71. The minimum Gasteiger partial charge on any atom is -0.399 e. The normalized spacial score (nSPS) is 12.5. The number of rotatable bonds is 5. The van der Waals surface area contributed by atoms with E-state index in [0.29, 0.717) is 23.2 Å². The smallest absolute Gasteiger partial charge is 0.272 e. The van der Waals surface area contributed by atoms with Crippen molar-refractivity contribution in [3.8, 4) is 0 Å². The van der Waals surface area contributed by atoms with Gasteiger partial charge in [0.2, 0.25) is 0 Å². The van der Waals surface area contributed by atoms with Crippen LogP contribution in [-0.4, -0.2) is 33.9 Å². The summed E-state index contributed by atoms with van der Waals surface area (Å²) in [6.07, 6.45) is 1.39. The lowest BCUT2D eigenvalue weighted by Crippen LogP contribution is -2.33. The molecule has 0 bridgehead atoms. The molecule has 0 saturated carbocycles. The third-order valence-corrected chi connectivity index (χ3v) is 2.97. The molecule has 102 valence electrons. The highest BCUT2D eigenvalue weighted by Gasteiger charge is 2.16. The maximum atomic E-state index is 12.1. The predicted molar refractivity (Wildman–Crippen MR) is 73.8 cm³/mol. The Morgan fingerprint density at radius 1 is 1.58 bits per heavy atom. The van der Waals surface area contributed by atoms with E-state index < -0.39 is 0 Å². The minimum absolute atomic E-state index is 0.00698. The third kappa shape index (κ3) is 3.03. The SMILES string of the molecule is CC(CCCO)NC(=O)c1n[nH]c2ccc(N)cc12. The van der Waals surface area contributed by atoms with Crippen molar-refractivity contribution in [2.75, 3.05) is 12.3 Å². The van der Waals surface area contributed by atoms with Crippen LogP contribution in [0.15, 0.2) is 18.2 Å². The van der Waals surface area contributed by atoms with E-state index in [-0.39, 0.29) is 18.6 Å². The van der Waals surface area contributed by atoms with Gasteiger partial charge in [-0.1, -0.05) is 0 Å². The molecule has 0 aliphatic rings. The summed E-state index contributed by atoms with van der Waals surface area (Å²) in [5, 5.41) is 19.2. The van der Waals surface area contributed by atoms with Gasteiger partial charge in [0.05, 0.1) is 5.52 Å². The lowest BCUT2D eigenvalue weighted by atomic mass is 10.1. The van der Waals surface area contributed by atoms with E-state index >= 15 is 0 Å². The van der Waals surface area contributed by atoms with Crippen LogP contribution >= 0.6 is 0 Å². The number of nitrogen functional groups attached to an aromatic ring is 1. The zero-order valence-electron chi connectivity index (χ0n) is 10.8. The number of aromatic nitrogens is 2. The van der Waals surface area contributed by atoms with Crippen LogP contribution < -0.4 is 11.1 Å². The van der Waals surface area contributed by atoms with Gasteiger partial charge in [0.1, 0.15) is 0 Å². The van der Waals surface area contributed by atoms with Crippen molar-refractivity contribution in [1.29, 1.82) is 0 Å². The summed E-state index contributed by atoms with van der Waals surface area (Å²) in [5.74, 6) is -0.234. The summed E-state index contributed by atoms with van der Waals surface area (Å²) in [6.45, 7) is 2.03. The molecular weight excluding hydrogens is 244 g/mol. The topological polar surface area (TPSA) is 104 Å². The predicted octanol–water partition coefficient (Wildman–Crippen LogP) is 1.04. The lowest BCUT2D eigenvalue weighted by Gasteiger charge is -2.12. The van der Waals surface area contributed by atoms with Crippen LogP contribution in [0.3, 0.4) is 0 Å². The first-order valence-electron chi connectivity index (χ1n) is 6.27. The monoisotopic (exact) mass is 262 g/mol. The maximum absolute atomic E-state index is 12.1. The summed E-state index contributed by atoms with van der Waals surface area (Å²) in [6, 6.07) is 5.27. The lowest BCUT2D eigenvalue weighted by molar-refractivity contribution is 0.0933. The number of aliphatic hydroxyl groups is 1. The molecule has 0 aliphatic carbocycles. The average molecular weight is 262 g/mol. The Hall–Kier alpha value is -2.08. The van der Waals surface area contributed by atoms with Gasteiger partial charge in [0.25, 0.3) is 5.91 Å². The van der Waals surface area contributed by atoms with Gasteiger partial charge >= 0.3 is 0 Å². The largest absolute Gasteiger partial charge is 0.399 e. The molecule has 1 amide bonds. The van der Waals surface area contributed by atoms with E-state index in [4.69, 9.17) is 10.8 Å². The van der Waals surface area contributed by atoms with Gasteiger partial charge in [-0.05, 0) is 38.0 Å². The number of anilines is 1. The first-order valence-corrected chi connectivity index (χ1v) is 6.27. The summed E-state index contributed by atoms with van der Waals surface area (Å²) in [5.41, 5.74) is 7.44. The number of fused-ring (bicyclic) bond motifs is 1. The molecule has 5 N–H and O–H groups in total. The van der Waals surface area contributed by atoms with E-state index in [9.17, 15) is 4.79 Å². The number of nitrogens with two attached hydrogens (primary N) is 1. The molecule has 0 spiro atoms. The van der Waals surface area contributed by atoms with Gasteiger partial charge < -0.3 is 16.2 Å². The van der Waals surface area contributed by atoms with Crippen LogP contribution in [0.5, 0.6) is 0 Å². The number of amides is 1. The molecule has 0 aliphatic heterocycles. The molecule has 2 rings (SSSR count). The van der Waals surface area contributed by atoms with Crippen molar-refractivity contribution in [3.05, 3.63) is 23.9 Å². The van der Waals surface area contributed by atoms with E-state index in [2.05, 4.69) is 15.5 Å². The Balaban J connectivity index is 2.15. The maximum Gasteiger partial charge on any atom is 0.272 e. The number of aliphatic hydroxyl groups excluding tert-OH is 1. The van der Waals surface area contributed by atoms with E-state index in [1.807, 2.05) is 6.92 Å². The van der Waals surface area contributed by atoms with Gasteiger partial charge in [0, 0.05) is 23.7 Å². The van der Waals surface area contributed by atoms with E-state index in [1.54, 1.807) is 18.2 Å². The molecule has 0 fully saturated rings. The Labute approximate surface area is 111 Å². The molecule has 1 aromatic carbocycles. The molecule has 0 radical (unpaired) electrons. The van der Waals surface area contributed by atoms with Gasteiger partial charge in [-0.25, -0.2) is 0 Å². The molecule has 1 atom stereocenters. The number of hydrogen-bond donors (Lipinski definition) is 4. The van der Waals surface area contributed by atoms with Gasteiger partial charge in [0.15, 0.2) is 5.69 Å². The zero-order valence-corrected chi connectivity index (χ0v) is 10.8. The first-order chi connectivity index (χ1) is 9.11. The van der Waals surface area contributed by atoms with Gasteiger partial charge in [-0.15, -0.1) is 0 Å². The second-order valence-electron chi connectivity index (χ2n) is 4.62. The van der Waals surface area contributed by atoms with Gasteiger partial charge in [-0.3, -0.25) is 9.89 Å². The fraction of sp³-hybridized carbons (Fsp3) is 0.385. The number of H-pyrrole nitrogens is 1. The van der Waals surface area contributed by atoms with Crippen LogP contribution in [0.25, 0.3) is 10.9 Å². The van der Waals surface area contributed by atoms with Crippen LogP contribution in [0.2, 0.25) is 0 Å². The van der Waals surface area contributed by atoms with Crippen molar-refractivity contribution in [2.24, 2.45) is 0 Å². The Kier molecular flexibility index (Phi) is 4.01. The molecule has 6 nitrogen and oxygen atoms in total. The molecule has 2 aromatic rings. The van der Waals surface area contributed by atoms with Crippen molar-refractivity contribution >= 4 is 22.5 Å². The standard InChI is InChI=1S/C13H18N4O2/c1-8(3-2-6-18)15-13(19)12-10-7-9(14)4-5-11(10)16-17-12/h4-5,7-8,18H,2-3,6,14H2,1H3,(H,15,19)(H,16,17). The number of hydrogen-bond acceptors (Lipinski definition) is 4. The molecular formula is C13H18N4O2. The van der Waals surface area contributed by atoms with Gasteiger partial charge in [-0.2, -0.15) is 5.10 Å². The highest BCUT2D eigenvalue weighted by atomic mass is 16.3. The number of benzene rings is 1. The molecule has 19 heavy (non-hydrogen) atoms. The Morgan fingerprint density at radius 2 is 2.37 bits per heavy atom. The highest BCUT2D eigenvalue weighted by molar-refractivity contribution is 6.05.